The van der Waals surface area contributed by atoms with Crippen LogP contribution in [0.2, 0.25) is 0 Å². The van der Waals surface area contributed by atoms with Gasteiger partial charge in [-0.15, -0.1) is 0 Å². The molecule has 4 rings (SSSR count). The number of anilines is 1. The molecule has 6 heteroatoms. The van der Waals surface area contributed by atoms with E-state index >= 15 is 0 Å². The maximum absolute atomic E-state index is 13.0. The fraction of sp³-hybridized carbons (Fsp3) is 0.0476. The van der Waals surface area contributed by atoms with Gasteiger partial charge in [-0.1, -0.05) is 24.3 Å². The van der Waals surface area contributed by atoms with Crippen LogP contribution in [-0.4, -0.2) is 27.3 Å². The summed E-state index contributed by atoms with van der Waals surface area (Å²) in [4.78, 5) is 13.0. The summed E-state index contributed by atoms with van der Waals surface area (Å²) in [5, 5.41) is 28.1. The number of aromatic hydroxyl groups is 2. The molecule has 3 N–H and O–H groups in total. The minimum atomic E-state index is -0.513. The number of fused-ring (bicyclic) bond motifs is 1. The molecule has 0 radical (unpaired) electrons. The number of para-hydroxylation sites is 1. The van der Waals surface area contributed by atoms with Crippen LogP contribution >= 0.6 is 0 Å². The molecule has 1 heterocycles. The average molecular weight is 359 g/mol. The van der Waals surface area contributed by atoms with Gasteiger partial charge in [0.2, 0.25) is 0 Å². The van der Waals surface area contributed by atoms with Gasteiger partial charge in [0.05, 0.1) is 11.8 Å². The lowest BCUT2D eigenvalue weighted by molar-refractivity contribution is 0.0691. The third-order valence-corrected chi connectivity index (χ3v) is 4.34. The molecule has 1 aliphatic heterocycles. The first kappa shape index (κ1) is 16.7. The van der Waals surface area contributed by atoms with Crippen molar-refractivity contribution in [3.05, 3.63) is 89.5 Å². The molecular formula is C21H17N3O3. The molecule has 1 atom stereocenters. The van der Waals surface area contributed by atoms with Gasteiger partial charge in [0, 0.05) is 5.69 Å². The standard InChI is InChI=1S/C21H17N3O3/c25-16-9-5-14(6-10-16)13-22-24-20(15-7-11-17(26)12-8-15)23-19-4-2-1-3-18(19)21(24)27/h1-13,20,23,25-26H. The lowest BCUT2D eigenvalue weighted by Gasteiger charge is -2.34. The van der Waals surface area contributed by atoms with Gasteiger partial charge in [-0.2, -0.15) is 5.10 Å². The molecule has 1 unspecified atom stereocenters. The van der Waals surface area contributed by atoms with Crippen LogP contribution in [0.1, 0.15) is 27.7 Å². The summed E-state index contributed by atoms with van der Waals surface area (Å²) >= 11 is 0. The molecule has 6 nitrogen and oxygen atoms in total. The highest BCUT2D eigenvalue weighted by molar-refractivity contribution is 6.02. The Morgan fingerprint density at radius 1 is 0.889 bits per heavy atom. The average Bonchev–Trinajstić information content (AvgIpc) is 2.69. The Morgan fingerprint density at radius 2 is 1.52 bits per heavy atom. The van der Waals surface area contributed by atoms with Crippen molar-refractivity contribution in [3.8, 4) is 11.5 Å². The first-order valence-electron chi connectivity index (χ1n) is 8.43. The fourth-order valence-electron chi connectivity index (χ4n) is 2.93. The van der Waals surface area contributed by atoms with Crippen LogP contribution in [0.4, 0.5) is 5.69 Å². The molecule has 0 aromatic heterocycles. The second kappa shape index (κ2) is 6.84. The highest BCUT2D eigenvalue weighted by atomic mass is 16.3. The first-order chi connectivity index (χ1) is 13.1. The molecule has 134 valence electrons. The number of hydrazone groups is 1. The molecule has 0 saturated carbocycles. The fourth-order valence-corrected chi connectivity index (χ4v) is 2.93. The number of carbonyl (C=O) groups excluding carboxylic acids is 1. The first-order valence-corrected chi connectivity index (χ1v) is 8.43. The Bertz CT molecular complexity index is 998. The van der Waals surface area contributed by atoms with Crippen LogP contribution < -0.4 is 5.32 Å². The summed E-state index contributed by atoms with van der Waals surface area (Å²) in [5.74, 6) is 0.0941. The van der Waals surface area contributed by atoms with Crippen molar-refractivity contribution in [2.75, 3.05) is 5.32 Å². The molecular weight excluding hydrogens is 342 g/mol. The summed E-state index contributed by atoms with van der Waals surface area (Å²) < 4.78 is 0. The molecule has 1 amide bonds. The van der Waals surface area contributed by atoms with Crippen molar-refractivity contribution < 1.29 is 15.0 Å². The lowest BCUT2D eigenvalue weighted by atomic mass is 10.0. The Morgan fingerprint density at radius 3 is 2.22 bits per heavy atom. The van der Waals surface area contributed by atoms with E-state index in [0.29, 0.717) is 5.56 Å². The van der Waals surface area contributed by atoms with E-state index in [-0.39, 0.29) is 17.4 Å². The Labute approximate surface area is 156 Å². The van der Waals surface area contributed by atoms with Crippen LogP contribution in [-0.2, 0) is 0 Å². The van der Waals surface area contributed by atoms with Crippen LogP contribution in [0.25, 0.3) is 0 Å². The molecule has 3 aromatic rings. The minimum Gasteiger partial charge on any atom is -0.508 e. The van der Waals surface area contributed by atoms with E-state index in [9.17, 15) is 15.0 Å². The lowest BCUT2D eigenvalue weighted by Crippen LogP contribution is -2.39. The van der Waals surface area contributed by atoms with Gasteiger partial charge in [-0.3, -0.25) is 4.79 Å². The predicted molar refractivity (Wildman–Crippen MR) is 103 cm³/mol. The van der Waals surface area contributed by atoms with E-state index in [0.717, 1.165) is 16.8 Å². The van der Waals surface area contributed by atoms with Crippen molar-refractivity contribution in [1.82, 2.24) is 5.01 Å². The predicted octanol–water partition coefficient (Wildman–Crippen LogP) is 3.70. The molecule has 0 bridgehead atoms. The van der Waals surface area contributed by atoms with Crippen molar-refractivity contribution in [2.24, 2.45) is 5.10 Å². The Balaban J connectivity index is 1.73. The third kappa shape index (κ3) is 3.32. The monoisotopic (exact) mass is 359 g/mol. The number of phenols is 2. The SMILES string of the molecule is O=C1c2ccccc2NC(c2ccc(O)cc2)N1N=Cc1ccc(O)cc1. The van der Waals surface area contributed by atoms with Gasteiger partial charge < -0.3 is 15.5 Å². The van der Waals surface area contributed by atoms with Crippen molar-refractivity contribution in [2.45, 2.75) is 6.17 Å². The largest absolute Gasteiger partial charge is 0.508 e. The molecule has 0 aliphatic carbocycles. The minimum absolute atomic E-state index is 0.153. The van der Waals surface area contributed by atoms with Crippen molar-refractivity contribution in [3.63, 3.8) is 0 Å². The van der Waals surface area contributed by atoms with Crippen LogP contribution in [0.15, 0.2) is 77.9 Å². The zero-order valence-electron chi connectivity index (χ0n) is 14.3. The number of amides is 1. The number of rotatable bonds is 3. The van der Waals surface area contributed by atoms with Gasteiger partial charge >= 0.3 is 0 Å². The summed E-state index contributed by atoms with van der Waals surface area (Å²) in [5.41, 5.74) is 2.81. The maximum atomic E-state index is 13.0. The van der Waals surface area contributed by atoms with Gasteiger partial charge in [0.25, 0.3) is 5.91 Å². The summed E-state index contributed by atoms with van der Waals surface area (Å²) in [6, 6.07) is 20.5. The van der Waals surface area contributed by atoms with E-state index in [1.165, 1.54) is 5.01 Å². The number of hydrogen-bond acceptors (Lipinski definition) is 5. The molecule has 1 aliphatic rings. The Kier molecular flexibility index (Phi) is 4.22. The van der Waals surface area contributed by atoms with Crippen LogP contribution in [0.3, 0.4) is 0 Å². The number of nitrogens with zero attached hydrogens (tertiary/aromatic N) is 2. The normalized spacial score (nSPS) is 16.2. The van der Waals surface area contributed by atoms with Gasteiger partial charge in [0.1, 0.15) is 11.5 Å². The van der Waals surface area contributed by atoms with E-state index in [4.69, 9.17) is 0 Å². The summed E-state index contributed by atoms with van der Waals surface area (Å²) in [7, 11) is 0. The quantitative estimate of drug-likeness (QED) is 0.623. The number of phenolic OH excluding ortho intramolecular Hbond substituents is 2. The molecule has 27 heavy (non-hydrogen) atoms. The second-order valence-electron chi connectivity index (χ2n) is 6.17. The van der Waals surface area contributed by atoms with E-state index in [1.807, 2.05) is 12.1 Å². The highest BCUT2D eigenvalue weighted by Gasteiger charge is 2.32. The van der Waals surface area contributed by atoms with Crippen LogP contribution in [0.5, 0.6) is 11.5 Å². The van der Waals surface area contributed by atoms with Crippen molar-refractivity contribution in [1.29, 1.82) is 0 Å². The van der Waals surface area contributed by atoms with Crippen LogP contribution in [0, 0.1) is 0 Å². The maximum Gasteiger partial charge on any atom is 0.278 e. The van der Waals surface area contributed by atoms with Crippen molar-refractivity contribution >= 4 is 17.8 Å². The third-order valence-electron chi connectivity index (χ3n) is 4.34. The molecule has 0 saturated heterocycles. The molecule has 0 fully saturated rings. The number of carbonyl (C=O) groups is 1. The number of nitrogens with one attached hydrogen (secondary N) is 1. The smallest absolute Gasteiger partial charge is 0.278 e. The highest BCUT2D eigenvalue weighted by Crippen LogP contribution is 2.33. The summed E-state index contributed by atoms with van der Waals surface area (Å²) in [6.07, 6.45) is 1.06. The zero-order valence-corrected chi connectivity index (χ0v) is 14.3. The van der Waals surface area contributed by atoms with Gasteiger partial charge in [-0.05, 0) is 59.7 Å². The number of hydrogen-bond donors (Lipinski definition) is 3. The van der Waals surface area contributed by atoms with E-state index in [2.05, 4.69) is 10.4 Å². The number of benzene rings is 3. The van der Waals surface area contributed by atoms with Gasteiger partial charge in [-0.25, -0.2) is 5.01 Å². The topological polar surface area (TPSA) is 85.2 Å². The molecule has 0 spiro atoms. The summed E-state index contributed by atoms with van der Waals surface area (Å²) in [6.45, 7) is 0. The molecule has 3 aromatic carbocycles. The second-order valence-corrected chi connectivity index (χ2v) is 6.17. The van der Waals surface area contributed by atoms with E-state index < -0.39 is 6.17 Å². The zero-order chi connectivity index (χ0) is 18.8. The van der Waals surface area contributed by atoms with Gasteiger partial charge in [0.15, 0.2) is 6.17 Å². The Hall–Kier alpha value is -3.80. The van der Waals surface area contributed by atoms with E-state index in [1.54, 1.807) is 66.9 Å².